The molecule has 0 radical (unpaired) electrons. The second-order valence-corrected chi connectivity index (χ2v) is 6.35. The summed E-state index contributed by atoms with van der Waals surface area (Å²) in [5.41, 5.74) is 0.772. The van der Waals surface area contributed by atoms with Crippen molar-refractivity contribution >= 4 is 27.6 Å². The average Bonchev–Trinajstić information content (AvgIpc) is 2.44. The lowest BCUT2D eigenvalue weighted by Crippen LogP contribution is -2.40. The summed E-state index contributed by atoms with van der Waals surface area (Å²) in [6.07, 6.45) is 3.81. The van der Waals surface area contributed by atoms with Crippen LogP contribution in [0.3, 0.4) is 0 Å². The lowest BCUT2D eigenvalue weighted by atomic mass is 9.86. The fourth-order valence-electron chi connectivity index (χ4n) is 2.59. The molecule has 1 saturated carbocycles. The van der Waals surface area contributed by atoms with Crippen LogP contribution < -0.4 is 5.32 Å². The van der Waals surface area contributed by atoms with Gasteiger partial charge in [-0.25, -0.2) is 4.79 Å². The molecule has 5 heteroatoms. The van der Waals surface area contributed by atoms with Gasteiger partial charge in [0.15, 0.2) is 0 Å². The Morgan fingerprint density at radius 2 is 2.00 bits per heavy atom. The zero-order valence-electron chi connectivity index (χ0n) is 11.7. The van der Waals surface area contributed by atoms with E-state index in [0.717, 1.165) is 35.8 Å². The zero-order valence-corrected chi connectivity index (χ0v) is 13.3. The van der Waals surface area contributed by atoms with E-state index in [2.05, 4.69) is 21.2 Å². The van der Waals surface area contributed by atoms with Crippen LogP contribution in [-0.2, 0) is 0 Å². The summed E-state index contributed by atoms with van der Waals surface area (Å²) < 4.78 is 0.981. The van der Waals surface area contributed by atoms with Gasteiger partial charge in [0.1, 0.15) is 0 Å². The lowest BCUT2D eigenvalue weighted by Gasteiger charge is -2.31. The van der Waals surface area contributed by atoms with E-state index < -0.39 is 0 Å². The summed E-state index contributed by atoms with van der Waals surface area (Å²) in [6.45, 7) is 0.601. The first-order valence-corrected chi connectivity index (χ1v) is 7.81. The third-order valence-corrected chi connectivity index (χ3v) is 4.35. The lowest BCUT2D eigenvalue weighted by molar-refractivity contribution is 0.0575. The fraction of sp³-hybridized carbons (Fsp3) is 0.533. The number of amides is 2. The molecule has 0 saturated heterocycles. The van der Waals surface area contributed by atoms with Gasteiger partial charge in [-0.05, 0) is 37.1 Å². The number of carbonyl (C=O) groups is 1. The average molecular weight is 341 g/mol. The van der Waals surface area contributed by atoms with Gasteiger partial charge in [0.2, 0.25) is 0 Å². The third-order valence-electron chi connectivity index (χ3n) is 3.82. The minimum atomic E-state index is -0.272. The largest absolute Gasteiger partial charge is 0.393 e. The molecular formula is C15H21BrN2O2. The van der Waals surface area contributed by atoms with E-state index in [1.54, 1.807) is 11.9 Å². The maximum Gasteiger partial charge on any atom is 0.321 e. The van der Waals surface area contributed by atoms with Gasteiger partial charge in [0.25, 0.3) is 0 Å². The van der Waals surface area contributed by atoms with Crippen molar-refractivity contribution in [2.75, 3.05) is 18.9 Å². The molecule has 20 heavy (non-hydrogen) atoms. The molecule has 0 aromatic heterocycles. The van der Waals surface area contributed by atoms with Crippen LogP contribution in [0, 0.1) is 5.92 Å². The molecule has 2 amide bonds. The minimum Gasteiger partial charge on any atom is -0.393 e. The van der Waals surface area contributed by atoms with Crippen LogP contribution >= 0.6 is 15.9 Å². The highest BCUT2D eigenvalue weighted by Crippen LogP contribution is 2.25. The van der Waals surface area contributed by atoms with Crippen molar-refractivity contribution in [3.63, 3.8) is 0 Å². The molecule has 2 rings (SSSR count). The predicted molar refractivity (Wildman–Crippen MR) is 83.8 cm³/mol. The molecule has 0 spiro atoms. The third kappa shape index (κ3) is 4.21. The van der Waals surface area contributed by atoms with Gasteiger partial charge in [-0.15, -0.1) is 0 Å². The van der Waals surface area contributed by atoms with E-state index >= 15 is 0 Å². The summed E-state index contributed by atoms with van der Waals surface area (Å²) in [7, 11) is 1.77. The van der Waals surface area contributed by atoms with Gasteiger partial charge in [-0.3, -0.25) is 0 Å². The standard InChI is InChI=1S/C15H21BrN2O2/c1-18(10-11-4-2-3-5-14(11)19)15(20)17-13-8-6-12(16)7-9-13/h6-9,11,14,19H,2-5,10H2,1H3,(H,17,20). The van der Waals surface area contributed by atoms with E-state index in [-0.39, 0.29) is 18.1 Å². The topological polar surface area (TPSA) is 52.6 Å². The van der Waals surface area contributed by atoms with Crippen molar-refractivity contribution in [3.05, 3.63) is 28.7 Å². The first kappa shape index (κ1) is 15.3. The summed E-state index contributed by atoms with van der Waals surface area (Å²) >= 11 is 3.36. The molecule has 4 nitrogen and oxygen atoms in total. The van der Waals surface area contributed by atoms with Gasteiger partial charge in [-0.1, -0.05) is 28.8 Å². The summed E-state index contributed by atoms with van der Waals surface area (Å²) in [5, 5.41) is 12.8. The fourth-order valence-corrected chi connectivity index (χ4v) is 2.85. The Bertz CT molecular complexity index is 450. The van der Waals surface area contributed by atoms with Gasteiger partial charge in [-0.2, -0.15) is 0 Å². The number of aliphatic hydroxyl groups excluding tert-OH is 1. The predicted octanol–water partition coefficient (Wildman–Crippen LogP) is 3.46. The number of benzene rings is 1. The number of carbonyl (C=O) groups excluding carboxylic acids is 1. The zero-order chi connectivity index (χ0) is 14.5. The van der Waals surface area contributed by atoms with E-state index in [1.165, 1.54) is 0 Å². The van der Waals surface area contributed by atoms with E-state index in [4.69, 9.17) is 0 Å². The normalized spacial score (nSPS) is 22.4. The Labute approximate surface area is 128 Å². The van der Waals surface area contributed by atoms with Crippen LogP contribution in [0.25, 0.3) is 0 Å². The molecular weight excluding hydrogens is 320 g/mol. The maximum absolute atomic E-state index is 12.1. The second-order valence-electron chi connectivity index (χ2n) is 5.43. The molecule has 2 unspecified atom stereocenters. The summed E-state index contributed by atoms with van der Waals surface area (Å²) in [5.74, 6) is 0.199. The first-order chi connectivity index (χ1) is 9.56. The number of aliphatic hydroxyl groups is 1. The van der Waals surface area contributed by atoms with Crippen LogP contribution in [0.2, 0.25) is 0 Å². The van der Waals surface area contributed by atoms with E-state index in [0.29, 0.717) is 6.54 Å². The van der Waals surface area contributed by atoms with Crippen LogP contribution in [-0.4, -0.2) is 35.7 Å². The Morgan fingerprint density at radius 1 is 1.35 bits per heavy atom. The van der Waals surface area contributed by atoms with Gasteiger partial charge < -0.3 is 15.3 Å². The van der Waals surface area contributed by atoms with Crippen LogP contribution in [0.15, 0.2) is 28.7 Å². The van der Waals surface area contributed by atoms with Crippen molar-refractivity contribution < 1.29 is 9.90 Å². The highest BCUT2D eigenvalue weighted by molar-refractivity contribution is 9.10. The Morgan fingerprint density at radius 3 is 2.65 bits per heavy atom. The van der Waals surface area contributed by atoms with Crippen molar-refractivity contribution in [1.82, 2.24) is 4.90 Å². The highest BCUT2D eigenvalue weighted by atomic mass is 79.9. The summed E-state index contributed by atoms with van der Waals surface area (Å²) in [4.78, 5) is 13.8. The highest BCUT2D eigenvalue weighted by Gasteiger charge is 2.25. The maximum atomic E-state index is 12.1. The van der Waals surface area contributed by atoms with Crippen molar-refractivity contribution in [2.45, 2.75) is 31.8 Å². The molecule has 1 fully saturated rings. The Kier molecular flexibility index (Phi) is 5.43. The first-order valence-electron chi connectivity index (χ1n) is 7.02. The van der Waals surface area contributed by atoms with E-state index in [9.17, 15) is 9.90 Å². The Balaban J connectivity index is 1.86. The van der Waals surface area contributed by atoms with Crippen molar-refractivity contribution in [2.24, 2.45) is 5.92 Å². The number of rotatable bonds is 3. The molecule has 2 N–H and O–H groups in total. The van der Waals surface area contributed by atoms with Crippen LogP contribution in [0.1, 0.15) is 25.7 Å². The Hall–Kier alpha value is -1.07. The van der Waals surface area contributed by atoms with Gasteiger partial charge in [0.05, 0.1) is 6.10 Å². The number of hydrogen-bond donors (Lipinski definition) is 2. The molecule has 0 bridgehead atoms. The molecule has 1 aliphatic carbocycles. The number of nitrogens with one attached hydrogen (secondary N) is 1. The number of nitrogens with zero attached hydrogens (tertiary/aromatic N) is 1. The summed E-state index contributed by atoms with van der Waals surface area (Å²) in [6, 6.07) is 7.35. The van der Waals surface area contributed by atoms with E-state index in [1.807, 2.05) is 24.3 Å². The van der Waals surface area contributed by atoms with Crippen LogP contribution in [0.5, 0.6) is 0 Å². The van der Waals surface area contributed by atoms with Crippen LogP contribution in [0.4, 0.5) is 10.5 Å². The quantitative estimate of drug-likeness (QED) is 0.885. The van der Waals surface area contributed by atoms with Crippen molar-refractivity contribution in [3.8, 4) is 0 Å². The van der Waals surface area contributed by atoms with Crippen molar-refractivity contribution in [1.29, 1.82) is 0 Å². The molecule has 0 aliphatic heterocycles. The molecule has 0 heterocycles. The smallest absolute Gasteiger partial charge is 0.321 e. The number of halogens is 1. The van der Waals surface area contributed by atoms with Gasteiger partial charge >= 0.3 is 6.03 Å². The molecule has 2 atom stereocenters. The SMILES string of the molecule is CN(CC1CCCCC1O)C(=O)Nc1ccc(Br)cc1. The number of anilines is 1. The second kappa shape index (κ2) is 7.09. The molecule has 1 aromatic rings. The van der Waals surface area contributed by atoms with Gasteiger partial charge in [0, 0.05) is 29.7 Å². The number of hydrogen-bond acceptors (Lipinski definition) is 2. The molecule has 1 aromatic carbocycles. The molecule has 1 aliphatic rings. The number of urea groups is 1. The minimum absolute atomic E-state index is 0.134. The monoisotopic (exact) mass is 340 g/mol. The molecule has 110 valence electrons.